The maximum Gasteiger partial charge on any atom is 0.313 e. The summed E-state index contributed by atoms with van der Waals surface area (Å²) < 4.78 is 52.7. The second-order valence-corrected chi connectivity index (χ2v) is 12.7. The van der Waals surface area contributed by atoms with E-state index >= 15 is 0 Å². The largest absolute Gasteiger partial charge is 0.500 e. The Balaban J connectivity index is 1.32. The van der Waals surface area contributed by atoms with Crippen LogP contribution in [0.15, 0.2) is 35.9 Å². The Hall–Kier alpha value is -3.11. The van der Waals surface area contributed by atoms with Crippen molar-refractivity contribution in [3.8, 4) is 0 Å². The Morgan fingerprint density at radius 2 is 2.13 bits per heavy atom. The van der Waals surface area contributed by atoms with Crippen LogP contribution >= 0.6 is 11.3 Å². The van der Waals surface area contributed by atoms with Gasteiger partial charge in [-0.05, 0) is 25.0 Å². The molecule has 2 atom stereocenters. The van der Waals surface area contributed by atoms with Crippen molar-refractivity contribution in [2.24, 2.45) is 5.92 Å². The highest BCUT2D eigenvalue weighted by Crippen LogP contribution is 2.39. The summed E-state index contributed by atoms with van der Waals surface area (Å²) in [5.41, 5.74) is -0.689. The van der Waals surface area contributed by atoms with Crippen LogP contribution < -0.4 is 10.6 Å². The first-order chi connectivity index (χ1) is 18.4. The summed E-state index contributed by atoms with van der Waals surface area (Å²) in [5.74, 6) is -3.62. The van der Waals surface area contributed by atoms with Gasteiger partial charge in [-0.2, -0.15) is 0 Å². The first kappa shape index (κ1) is 27.5. The number of hydrogen-bond acceptors (Lipinski definition) is 9. The minimum absolute atomic E-state index is 0.0368. The number of likely N-dealkylation sites (N-methyl/N-ethyl adjacent to an activating group) is 1. The van der Waals surface area contributed by atoms with Gasteiger partial charge in [-0.1, -0.05) is 17.4 Å². The van der Waals surface area contributed by atoms with Gasteiger partial charge in [0.25, 0.3) is 0 Å². The second-order valence-electron chi connectivity index (χ2n) is 9.67. The summed E-state index contributed by atoms with van der Waals surface area (Å²) in [5, 5.41) is 24.0. The number of nitrogens with zero attached hydrogens (tertiary/aromatic N) is 4. The van der Waals surface area contributed by atoms with Crippen LogP contribution in [0.5, 0.6) is 0 Å². The number of allylic oxidation sites excluding steroid dienone is 1. The monoisotopic (exact) mass is 581 g/mol. The number of ketones is 1. The molecule has 1 aromatic heterocycles. The molecule has 0 bridgehead atoms. The third-order valence-electron chi connectivity index (χ3n) is 7.42. The molecule has 3 aliphatic rings. The van der Waals surface area contributed by atoms with E-state index in [4.69, 9.17) is 0 Å². The quantitative estimate of drug-likeness (QED) is 0.417. The summed E-state index contributed by atoms with van der Waals surface area (Å²) in [6.07, 6.45) is 2.96. The average Bonchev–Trinajstić information content (AvgIpc) is 3.32. The Morgan fingerprint density at radius 1 is 1.36 bits per heavy atom. The van der Waals surface area contributed by atoms with Gasteiger partial charge in [0.05, 0.1) is 6.26 Å². The van der Waals surface area contributed by atoms with Crippen molar-refractivity contribution in [1.29, 1.82) is 0 Å². The predicted octanol–water partition coefficient (Wildman–Crippen LogP) is 0.0932. The highest BCUT2D eigenvalue weighted by atomic mass is 32.2. The Morgan fingerprint density at radius 3 is 2.74 bits per heavy atom. The molecule has 2 aromatic rings. The zero-order valence-corrected chi connectivity index (χ0v) is 22.8. The highest BCUT2D eigenvalue weighted by molar-refractivity contribution is 7.88. The number of carbonyl (C=O) groups is 2. The van der Waals surface area contributed by atoms with Crippen LogP contribution in [-0.4, -0.2) is 82.7 Å². The van der Waals surface area contributed by atoms with Gasteiger partial charge >= 0.3 is 5.91 Å². The van der Waals surface area contributed by atoms with E-state index in [0.717, 1.165) is 29.7 Å². The molecule has 2 fully saturated rings. The number of rotatable bonds is 7. The van der Waals surface area contributed by atoms with Crippen molar-refractivity contribution in [3.63, 3.8) is 0 Å². The lowest BCUT2D eigenvalue weighted by molar-refractivity contribution is -0.531. The van der Waals surface area contributed by atoms with E-state index < -0.39 is 44.8 Å². The van der Waals surface area contributed by atoms with Crippen LogP contribution in [0.25, 0.3) is 5.57 Å². The molecule has 4 heterocycles. The number of quaternary nitrogens is 1. The van der Waals surface area contributed by atoms with Crippen molar-refractivity contribution in [1.82, 2.24) is 24.7 Å². The number of aliphatic hydroxyl groups is 1. The summed E-state index contributed by atoms with van der Waals surface area (Å²) in [4.78, 5) is 28.2. The topological polar surface area (TPSA) is 149 Å². The van der Waals surface area contributed by atoms with Crippen molar-refractivity contribution < 1.29 is 37.2 Å². The molecule has 4 N–H and O–H groups in total. The van der Waals surface area contributed by atoms with E-state index in [-0.39, 0.29) is 53.8 Å². The van der Waals surface area contributed by atoms with E-state index in [9.17, 15) is 31.9 Å². The average molecular weight is 582 g/mol. The molecule has 0 aliphatic carbocycles. The smallest absolute Gasteiger partial charge is 0.313 e. The number of aliphatic hydroxyl groups excluding tert-OH is 1. The fourth-order valence-corrected chi connectivity index (χ4v) is 7.06. The van der Waals surface area contributed by atoms with Gasteiger partial charge in [-0.15, -0.1) is 10.2 Å². The van der Waals surface area contributed by atoms with Crippen LogP contribution in [0, 0.1) is 17.6 Å². The van der Waals surface area contributed by atoms with Crippen LogP contribution in [0.3, 0.4) is 0 Å². The van der Waals surface area contributed by atoms with E-state index in [1.807, 2.05) is 0 Å². The first-order valence-electron chi connectivity index (χ1n) is 12.3. The Labute approximate surface area is 227 Å². The molecule has 2 saturated heterocycles. The lowest BCUT2D eigenvalue weighted by Gasteiger charge is -2.60. The minimum atomic E-state index is -3.37. The number of halogens is 2. The number of amides is 1. The van der Waals surface area contributed by atoms with Gasteiger partial charge in [0.2, 0.25) is 27.3 Å². The maximum absolute atomic E-state index is 14.0. The van der Waals surface area contributed by atoms with Crippen LogP contribution in [0.1, 0.15) is 28.9 Å². The number of aromatic nitrogens is 2. The number of Topliss-reactive ketones (excluding diaryl/α,β-unsaturated/α-hetero) is 1. The molecule has 11 nitrogen and oxygen atoms in total. The van der Waals surface area contributed by atoms with Crippen LogP contribution in [0.2, 0.25) is 0 Å². The van der Waals surface area contributed by atoms with Gasteiger partial charge in [0.15, 0.2) is 5.01 Å². The third-order valence-corrected chi connectivity index (χ3v) is 9.65. The fraction of sp³-hybridized carbons (Fsp3) is 0.417. The first-order valence-corrected chi connectivity index (χ1v) is 14.9. The van der Waals surface area contributed by atoms with E-state index in [0.29, 0.717) is 18.0 Å². The zero-order valence-electron chi connectivity index (χ0n) is 21.1. The van der Waals surface area contributed by atoms with Crippen molar-refractivity contribution in [2.75, 3.05) is 32.4 Å². The molecule has 2 unspecified atom stereocenters. The molecule has 1 aromatic carbocycles. The normalized spacial score (nSPS) is 23.7. The molecule has 1 amide bonds. The molecule has 0 saturated carbocycles. The van der Waals surface area contributed by atoms with Crippen molar-refractivity contribution in [3.05, 3.63) is 63.1 Å². The fourth-order valence-electron chi connectivity index (χ4n) is 5.30. The molecular weight excluding hydrogens is 554 g/mol. The lowest BCUT2D eigenvalue weighted by atomic mass is 9.77. The number of nitrogens with one attached hydrogen (secondary N) is 1. The summed E-state index contributed by atoms with van der Waals surface area (Å²) in [6, 6.07) is 3.22. The minimum Gasteiger partial charge on any atom is -0.500 e. The molecule has 39 heavy (non-hydrogen) atoms. The summed E-state index contributed by atoms with van der Waals surface area (Å²) in [6.45, 7) is 3.10. The van der Waals surface area contributed by atoms with Crippen molar-refractivity contribution in [2.45, 2.75) is 25.4 Å². The second kappa shape index (κ2) is 10.1. The van der Waals surface area contributed by atoms with Gasteiger partial charge in [-0.3, -0.25) is 20.2 Å². The highest BCUT2D eigenvalue weighted by Gasteiger charge is 2.56. The lowest BCUT2D eigenvalue weighted by Crippen LogP contribution is -2.84. The number of benzene rings is 1. The third kappa shape index (κ3) is 4.89. The van der Waals surface area contributed by atoms with Gasteiger partial charge < -0.3 is 10.0 Å². The molecule has 5 rings (SSSR count). The summed E-state index contributed by atoms with van der Waals surface area (Å²) in [7, 11) is -3.37. The van der Waals surface area contributed by atoms with E-state index in [1.54, 1.807) is 11.8 Å². The summed E-state index contributed by atoms with van der Waals surface area (Å²) >= 11 is 1.02. The molecule has 15 heteroatoms. The molecule has 0 radical (unpaired) electrons. The Bertz CT molecular complexity index is 1520. The van der Waals surface area contributed by atoms with Gasteiger partial charge in [0, 0.05) is 44.6 Å². The predicted molar refractivity (Wildman–Crippen MR) is 136 cm³/mol. The number of fused-ring (bicyclic) bond motifs is 1. The number of sulfonamides is 1. The van der Waals surface area contributed by atoms with Gasteiger partial charge in [-0.25, -0.2) is 21.5 Å². The number of hydrogen-bond donors (Lipinski definition) is 3. The number of piperidine rings is 1. The van der Waals surface area contributed by atoms with E-state index in [1.165, 1.54) is 21.9 Å². The van der Waals surface area contributed by atoms with E-state index in [2.05, 4.69) is 15.5 Å². The Kier molecular flexibility index (Phi) is 7.13. The molecular formula is C24H27F2N6O5S2+. The number of nitrogens with two attached hydrogens (primary N) is 1. The van der Waals surface area contributed by atoms with Gasteiger partial charge in [0.1, 0.15) is 34.1 Å². The number of carbonyl (C=O) groups excluding carboxylic acids is 2. The maximum atomic E-state index is 14.0. The van der Waals surface area contributed by atoms with Crippen molar-refractivity contribution >= 4 is 38.6 Å². The zero-order chi connectivity index (χ0) is 28.1. The molecule has 3 aliphatic heterocycles. The van der Waals surface area contributed by atoms with Crippen LogP contribution in [-0.2, 0) is 26.0 Å². The molecule has 0 spiro atoms. The SMILES string of the molecule is CCN(C(=O)C1=C(O)C(=O)C(c2nnc(Cc3ccc(F)cc3F)s2)=C[NH2+]1)C12CCN(S(C)(=O)=O)CC1CN2. The molecule has 208 valence electrons. The standard InChI is InChI=1S/C24H26F2N6O5S2/c1-3-32(24-6-7-31(39(2,36)37)12-14(24)10-28-24)23(35)19-21(34)20(33)16(11-27-19)22-30-29-18(38-22)8-13-4-5-15(25)9-17(13)26/h4-5,9,11,14,28,34H,3,6-8,10,12H2,1-2H3,(H,27,33)/p+1. The van der Waals surface area contributed by atoms with Crippen LogP contribution in [0.4, 0.5) is 8.78 Å².